The van der Waals surface area contributed by atoms with Crippen molar-refractivity contribution in [3.63, 3.8) is 0 Å². The van der Waals surface area contributed by atoms with Gasteiger partial charge in [0.1, 0.15) is 5.76 Å². The van der Waals surface area contributed by atoms with Gasteiger partial charge in [0.05, 0.1) is 6.26 Å². The van der Waals surface area contributed by atoms with Crippen molar-refractivity contribution in [1.82, 2.24) is 4.72 Å². The highest BCUT2D eigenvalue weighted by Crippen LogP contribution is 2.29. The average molecular weight is 348 g/mol. The molecule has 1 aliphatic rings. The molecule has 4 nitrogen and oxygen atoms in total. The maximum Gasteiger partial charge on any atom is 0.261 e. The Morgan fingerprint density at radius 3 is 2.52 bits per heavy atom. The van der Waals surface area contributed by atoms with E-state index in [1.54, 1.807) is 18.4 Å². The van der Waals surface area contributed by atoms with E-state index in [1.165, 1.54) is 0 Å². The summed E-state index contributed by atoms with van der Waals surface area (Å²) < 4.78 is 12.8. The summed E-state index contributed by atoms with van der Waals surface area (Å²) in [5.41, 5.74) is 3.70. The molecule has 1 aromatic heterocycles. The molecule has 0 bridgehead atoms. The van der Waals surface area contributed by atoms with Crippen molar-refractivity contribution in [2.75, 3.05) is 0 Å². The Balaban J connectivity index is 1.47. The summed E-state index contributed by atoms with van der Waals surface area (Å²) in [7, 11) is 0. The third-order valence-electron chi connectivity index (χ3n) is 3.88. The number of nitrogens with one attached hydrogen (secondary N) is 1. The molecular weight excluding hydrogens is 332 g/mol. The first kappa shape index (κ1) is 15.5. The zero-order valence-corrected chi connectivity index (χ0v) is 14.2. The molecular formula is C20H16N2O2S. The summed E-state index contributed by atoms with van der Waals surface area (Å²) in [5, 5.41) is 1.95. The van der Waals surface area contributed by atoms with Crippen molar-refractivity contribution < 1.29 is 9.21 Å². The number of nitrogens with zero attached hydrogens (tertiary/aromatic N) is 1. The monoisotopic (exact) mass is 348 g/mol. The van der Waals surface area contributed by atoms with E-state index in [2.05, 4.69) is 9.12 Å². The van der Waals surface area contributed by atoms with E-state index in [0.717, 1.165) is 22.5 Å². The van der Waals surface area contributed by atoms with Gasteiger partial charge in [0, 0.05) is 22.9 Å². The number of hydrogen-bond donors (Lipinski definition) is 2. The predicted octanol–water partition coefficient (Wildman–Crippen LogP) is 4.61. The van der Waals surface area contributed by atoms with Crippen LogP contribution in [-0.4, -0.2) is 12.1 Å². The van der Waals surface area contributed by atoms with Gasteiger partial charge in [-0.15, -0.1) is 0 Å². The van der Waals surface area contributed by atoms with Gasteiger partial charge in [0.15, 0.2) is 0 Å². The molecule has 124 valence electrons. The molecule has 2 heterocycles. The van der Waals surface area contributed by atoms with E-state index in [1.807, 2.05) is 66.2 Å². The summed E-state index contributed by atoms with van der Waals surface area (Å²) in [6.45, 7) is 0. The first-order valence-electron chi connectivity index (χ1n) is 7.85. The smallest absolute Gasteiger partial charge is 0.261 e. The van der Waals surface area contributed by atoms with E-state index in [4.69, 9.17) is 4.42 Å². The fraction of sp³-hybridized carbons (Fsp3) is 0. The van der Waals surface area contributed by atoms with Crippen molar-refractivity contribution in [2.45, 2.75) is 0 Å². The summed E-state index contributed by atoms with van der Waals surface area (Å²) in [4.78, 5) is 12.5. The number of fused-ring (bicyclic) bond motifs is 1. The quantitative estimate of drug-likeness (QED) is 0.679. The van der Waals surface area contributed by atoms with Crippen molar-refractivity contribution in [2.24, 2.45) is 4.40 Å². The standard InChI is InChI=1S/C20H16N2O2S/c23-20(17-9-7-16(8-10-17)19-6-3-12-24-19)22-25-13-11-15-4-1-2-5-18(15)14-21-25/h1-14,25H,(H,22,23). The minimum absolute atomic E-state index is 0.134. The first-order valence-corrected chi connectivity index (χ1v) is 9.21. The lowest BCUT2D eigenvalue weighted by Gasteiger charge is -2.13. The highest BCUT2D eigenvalue weighted by Gasteiger charge is 2.10. The third-order valence-corrected chi connectivity index (χ3v) is 5.11. The van der Waals surface area contributed by atoms with Crippen LogP contribution in [0.3, 0.4) is 0 Å². The van der Waals surface area contributed by atoms with Crippen LogP contribution in [0.25, 0.3) is 17.4 Å². The van der Waals surface area contributed by atoms with Crippen molar-refractivity contribution in [3.05, 3.63) is 89.0 Å². The number of rotatable bonds is 3. The molecule has 0 radical (unpaired) electrons. The molecule has 0 spiro atoms. The topological polar surface area (TPSA) is 54.6 Å². The Hall–Kier alpha value is -3.05. The summed E-state index contributed by atoms with van der Waals surface area (Å²) in [6, 6.07) is 19.1. The largest absolute Gasteiger partial charge is 0.464 e. The number of furan rings is 1. The second-order valence-corrected chi connectivity index (χ2v) is 6.97. The first-order chi connectivity index (χ1) is 12.3. The maximum absolute atomic E-state index is 12.5. The van der Waals surface area contributed by atoms with Gasteiger partial charge in [0.25, 0.3) is 5.91 Å². The molecule has 1 atom stereocenters. The van der Waals surface area contributed by atoms with Crippen LogP contribution < -0.4 is 4.72 Å². The number of thiol groups is 1. The number of benzene rings is 2. The molecule has 1 unspecified atom stereocenters. The van der Waals surface area contributed by atoms with Gasteiger partial charge in [-0.05, 0) is 41.3 Å². The zero-order valence-electron chi connectivity index (χ0n) is 13.3. The van der Waals surface area contributed by atoms with E-state index >= 15 is 0 Å². The molecule has 0 aliphatic carbocycles. The van der Waals surface area contributed by atoms with Crippen LogP contribution in [0.5, 0.6) is 0 Å². The number of amides is 1. The minimum atomic E-state index is -1.08. The van der Waals surface area contributed by atoms with Crippen molar-refractivity contribution in [1.29, 1.82) is 0 Å². The summed E-state index contributed by atoms with van der Waals surface area (Å²) in [5.74, 6) is 0.648. The lowest BCUT2D eigenvalue weighted by Crippen LogP contribution is -2.18. The van der Waals surface area contributed by atoms with Crippen LogP contribution in [0.15, 0.2) is 81.1 Å². The Morgan fingerprint density at radius 1 is 0.960 bits per heavy atom. The fourth-order valence-electron chi connectivity index (χ4n) is 2.56. The SMILES string of the molecule is O=C(N[SH]1C=Cc2ccccc2C=N1)c1ccc(-c2ccco2)cc1. The lowest BCUT2D eigenvalue weighted by atomic mass is 10.1. The third kappa shape index (κ3) is 3.41. The highest BCUT2D eigenvalue weighted by molar-refractivity contribution is 8.17. The van der Waals surface area contributed by atoms with Gasteiger partial charge in [-0.1, -0.05) is 47.7 Å². The van der Waals surface area contributed by atoms with Crippen LogP contribution >= 0.6 is 11.3 Å². The van der Waals surface area contributed by atoms with E-state index in [-0.39, 0.29) is 5.91 Å². The van der Waals surface area contributed by atoms with Crippen LogP contribution in [0.4, 0.5) is 0 Å². The molecule has 3 aromatic rings. The summed E-state index contributed by atoms with van der Waals surface area (Å²) >= 11 is -1.08. The zero-order chi connectivity index (χ0) is 17.1. The van der Waals surface area contributed by atoms with E-state index < -0.39 is 11.3 Å². The van der Waals surface area contributed by atoms with Gasteiger partial charge in [-0.2, -0.15) is 0 Å². The normalized spacial score (nSPS) is 16.9. The second kappa shape index (κ2) is 6.83. The molecule has 0 saturated heterocycles. The number of carbonyl (C=O) groups is 1. The molecule has 1 aliphatic heterocycles. The minimum Gasteiger partial charge on any atom is -0.464 e. The Bertz CT molecular complexity index is 911. The van der Waals surface area contributed by atoms with E-state index in [9.17, 15) is 4.79 Å². The van der Waals surface area contributed by atoms with Crippen LogP contribution in [0, 0.1) is 0 Å². The van der Waals surface area contributed by atoms with Gasteiger partial charge >= 0.3 is 0 Å². The molecule has 1 amide bonds. The van der Waals surface area contributed by atoms with Gasteiger partial charge in [-0.25, -0.2) is 4.40 Å². The van der Waals surface area contributed by atoms with Gasteiger partial charge in [0.2, 0.25) is 0 Å². The van der Waals surface area contributed by atoms with Gasteiger partial charge in [-0.3, -0.25) is 9.52 Å². The predicted molar refractivity (Wildman–Crippen MR) is 104 cm³/mol. The average Bonchev–Trinajstić information content (AvgIpc) is 3.12. The Morgan fingerprint density at radius 2 is 1.76 bits per heavy atom. The highest BCUT2D eigenvalue weighted by atomic mass is 32.2. The van der Waals surface area contributed by atoms with Crippen LogP contribution in [0.2, 0.25) is 0 Å². The molecule has 25 heavy (non-hydrogen) atoms. The molecule has 0 fully saturated rings. The molecule has 2 aromatic carbocycles. The van der Waals surface area contributed by atoms with E-state index in [0.29, 0.717) is 5.56 Å². The van der Waals surface area contributed by atoms with Crippen LogP contribution in [0.1, 0.15) is 21.5 Å². The molecule has 0 saturated carbocycles. The van der Waals surface area contributed by atoms with Crippen molar-refractivity contribution >= 4 is 29.5 Å². The second-order valence-electron chi connectivity index (χ2n) is 5.53. The molecule has 1 N–H and O–H groups in total. The fourth-order valence-corrected chi connectivity index (χ4v) is 3.65. The number of carbonyl (C=O) groups excluding carboxylic acids is 1. The Labute approximate surface area is 148 Å². The Kier molecular flexibility index (Phi) is 4.23. The molecule has 4 rings (SSSR count). The van der Waals surface area contributed by atoms with Gasteiger partial charge < -0.3 is 4.42 Å². The maximum atomic E-state index is 12.5. The van der Waals surface area contributed by atoms with Crippen LogP contribution in [-0.2, 0) is 0 Å². The van der Waals surface area contributed by atoms with Crippen molar-refractivity contribution in [3.8, 4) is 11.3 Å². The lowest BCUT2D eigenvalue weighted by molar-refractivity contribution is 0.0984. The number of hydrogen-bond acceptors (Lipinski definition) is 3. The summed E-state index contributed by atoms with van der Waals surface area (Å²) in [6.07, 6.45) is 5.46. The molecule has 5 heteroatoms.